The molecular weight excluding hydrogens is 236 g/mol. The van der Waals surface area contributed by atoms with Crippen LogP contribution in [0.5, 0.6) is 11.5 Å². The van der Waals surface area contributed by atoms with Crippen LogP contribution in [0.25, 0.3) is 11.5 Å². The molecule has 0 spiro atoms. The molecule has 0 aliphatic heterocycles. The van der Waals surface area contributed by atoms with Crippen LogP contribution in [0.2, 0.25) is 0 Å². The lowest BCUT2D eigenvalue weighted by molar-refractivity contribution is 0.194. The average molecular weight is 250 g/mol. The maximum atomic E-state index is 9.37. The Morgan fingerprint density at radius 1 is 1.22 bits per heavy atom. The van der Waals surface area contributed by atoms with Gasteiger partial charge in [0, 0.05) is 31.8 Å². The van der Waals surface area contributed by atoms with Crippen molar-refractivity contribution in [1.82, 2.24) is 10.1 Å². The van der Waals surface area contributed by atoms with Crippen molar-refractivity contribution in [1.29, 1.82) is 0 Å². The smallest absolute Gasteiger partial charge is 0.258 e. The molecule has 0 amide bonds. The fraction of sp³-hybridized carbons (Fsp3) is 0.333. The minimum Gasteiger partial charge on any atom is -0.508 e. The first-order chi connectivity index (χ1) is 8.69. The summed E-state index contributed by atoms with van der Waals surface area (Å²) < 4.78 is 10.0. The van der Waals surface area contributed by atoms with Crippen LogP contribution >= 0.6 is 0 Å². The minimum atomic E-state index is -0.0517. The molecule has 18 heavy (non-hydrogen) atoms. The molecule has 0 saturated heterocycles. The summed E-state index contributed by atoms with van der Waals surface area (Å²) in [5.41, 5.74) is 0.484. The topological polar surface area (TPSA) is 88.6 Å². The standard InChI is InChI=1S/C12H14N2O4/c1-17-4-2-3-11-13-12(18-14-11)8-5-9(15)7-10(16)6-8/h5-7,15-16H,2-4H2,1H3. The molecule has 6 heteroatoms. The number of hydrogen-bond acceptors (Lipinski definition) is 6. The van der Waals surface area contributed by atoms with Crippen LogP contribution in [0.3, 0.4) is 0 Å². The van der Waals surface area contributed by atoms with Crippen molar-refractivity contribution in [2.45, 2.75) is 12.8 Å². The third-order valence-electron chi connectivity index (χ3n) is 2.37. The van der Waals surface area contributed by atoms with Gasteiger partial charge in [0.15, 0.2) is 5.82 Å². The molecule has 1 heterocycles. The van der Waals surface area contributed by atoms with Crippen LogP contribution in [0.4, 0.5) is 0 Å². The summed E-state index contributed by atoms with van der Waals surface area (Å²) in [6.45, 7) is 0.636. The second-order valence-corrected chi connectivity index (χ2v) is 3.85. The summed E-state index contributed by atoms with van der Waals surface area (Å²) >= 11 is 0. The van der Waals surface area contributed by atoms with Gasteiger partial charge in [0.2, 0.25) is 0 Å². The summed E-state index contributed by atoms with van der Waals surface area (Å²) in [5, 5.41) is 22.6. The molecule has 0 atom stereocenters. The van der Waals surface area contributed by atoms with E-state index in [1.54, 1.807) is 7.11 Å². The number of methoxy groups -OCH3 is 1. The first-order valence-corrected chi connectivity index (χ1v) is 5.54. The first-order valence-electron chi connectivity index (χ1n) is 5.54. The number of rotatable bonds is 5. The Kier molecular flexibility index (Phi) is 3.78. The van der Waals surface area contributed by atoms with E-state index in [1.165, 1.54) is 18.2 Å². The number of ether oxygens (including phenoxy) is 1. The van der Waals surface area contributed by atoms with Crippen molar-refractivity contribution in [2.75, 3.05) is 13.7 Å². The van der Waals surface area contributed by atoms with E-state index in [-0.39, 0.29) is 17.4 Å². The van der Waals surface area contributed by atoms with E-state index >= 15 is 0 Å². The van der Waals surface area contributed by atoms with Crippen LogP contribution in [0, 0.1) is 0 Å². The summed E-state index contributed by atoms with van der Waals surface area (Å²) in [6.07, 6.45) is 1.46. The van der Waals surface area contributed by atoms with Gasteiger partial charge in [0.1, 0.15) is 11.5 Å². The Morgan fingerprint density at radius 3 is 2.61 bits per heavy atom. The molecule has 1 aromatic heterocycles. The average Bonchev–Trinajstić information content (AvgIpc) is 2.77. The molecule has 2 N–H and O–H groups in total. The van der Waals surface area contributed by atoms with Gasteiger partial charge in [-0.05, 0) is 18.6 Å². The van der Waals surface area contributed by atoms with E-state index in [0.717, 1.165) is 6.42 Å². The number of benzene rings is 1. The summed E-state index contributed by atoms with van der Waals surface area (Å²) in [7, 11) is 1.64. The van der Waals surface area contributed by atoms with Gasteiger partial charge in [-0.3, -0.25) is 0 Å². The summed E-state index contributed by atoms with van der Waals surface area (Å²) in [5.74, 6) is 0.742. The molecule has 6 nitrogen and oxygen atoms in total. The molecule has 1 aromatic carbocycles. The highest BCUT2D eigenvalue weighted by atomic mass is 16.5. The molecule has 2 aromatic rings. The number of aromatic nitrogens is 2. The van der Waals surface area contributed by atoms with Crippen LogP contribution in [-0.2, 0) is 11.2 Å². The lowest BCUT2D eigenvalue weighted by Gasteiger charge is -1.97. The highest BCUT2D eigenvalue weighted by Gasteiger charge is 2.10. The zero-order valence-electron chi connectivity index (χ0n) is 9.96. The minimum absolute atomic E-state index is 0.0517. The van der Waals surface area contributed by atoms with Crippen molar-refractivity contribution >= 4 is 0 Å². The van der Waals surface area contributed by atoms with E-state index < -0.39 is 0 Å². The Hall–Kier alpha value is -2.08. The Morgan fingerprint density at radius 2 is 1.94 bits per heavy atom. The predicted molar refractivity (Wildman–Crippen MR) is 63.3 cm³/mol. The normalized spacial score (nSPS) is 10.7. The second kappa shape index (κ2) is 5.50. The maximum absolute atomic E-state index is 9.37. The Bertz CT molecular complexity index is 504. The van der Waals surface area contributed by atoms with Gasteiger partial charge in [0.05, 0.1) is 0 Å². The monoisotopic (exact) mass is 250 g/mol. The van der Waals surface area contributed by atoms with Gasteiger partial charge >= 0.3 is 0 Å². The van der Waals surface area contributed by atoms with Crippen molar-refractivity contribution in [3.63, 3.8) is 0 Å². The van der Waals surface area contributed by atoms with Crippen LogP contribution < -0.4 is 0 Å². The number of phenols is 2. The van der Waals surface area contributed by atoms with E-state index in [9.17, 15) is 10.2 Å². The van der Waals surface area contributed by atoms with E-state index in [0.29, 0.717) is 24.4 Å². The molecule has 0 unspecified atom stereocenters. The van der Waals surface area contributed by atoms with Gasteiger partial charge in [-0.15, -0.1) is 0 Å². The third-order valence-corrected chi connectivity index (χ3v) is 2.37. The molecule has 0 fully saturated rings. The number of aromatic hydroxyl groups is 2. The highest BCUT2D eigenvalue weighted by Crippen LogP contribution is 2.27. The largest absolute Gasteiger partial charge is 0.508 e. The summed E-state index contributed by atoms with van der Waals surface area (Å²) in [6, 6.07) is 4.14. The lowest BCUT2D eigenvalue weighted by Crippen LogP contribution is -1.94. The Balaban J connectivity index is 2.13. The van der Waals surface area contributed by atoms with Gasteiger partial charge in [0.25, 0.3) is 5.89 Å². The molecule has 0 saturated carbocycles. The molecule has 96 valence electrons. The van der Waals surface area contributed by atoms with E-state index in [2.05, 4.69) is 10.1 Å². The SMILES string of the molecule is COCCCc1noc(-c2cc(O)cc(O)c2)n1. The Labute approximate surface area is 104 Å². The molecule has 0 aliphatic rings. The van der Waals surface area contributed by atoms with Gasteiger partial charge in [-0.1, -0.05) is 5.16 Å². The molecule has 2 rings (SSSR count). The van der Waals surface area contributed by atoms with Gasteiger partial charge in [-0.2, -0.15) is 4.98 Å². The van der Waals surface area contributed by atoms with E-state index in [4.69, 9.17) is 9.26 Å². The quantitative estimate of drug-likeness (QED) is 0.785. The maximum Gasteiger partial charge on any atom is 0.258 e. The summed E-state index contributed by atoms with van der Waals surface area (Å²) in [4.78, 5) is 4.18. The number of phenolic OH excluding ortho intramolecular Hbond substituents is 2. The fourth-order valence-electron chi connectivity index (χ4n) is 1.57. The lowest BCUT2D eigenvalue weighted by atomic mass is 10.2. The molecular formula is C12H14N2O4. The number of aryl methyl sites for hydroxylation is 1. The zero-order chi connectivity index (χ0) is 13.0. The fourth-order valence-corrected chi connectivity index (χ4v) is 1.57. The van der Waals surface area contributed by atoms with Crippen molar-refractivity contribution in [3.8, 4) is 23.0 Å². The van der Waals surface area contributed by atoms with Crippen LogP contribution in [0.1, 0.15) is 12.2 Å². The van der Waals surface area contributed by atoms with E-state index in [1.807, 2.05) is 0 Å². The van der Waals surface area contributed by atoms with Crippen LogP contribution in [0.15, 0.2) is 22.7 Å². The molecule has 0 aliphatic carbocycles. The zero-order valence-corrected chi connectivity index (χ0v) is 9.96. The third kappa shape index (κ3) is 2.98. The second-order valence-electron chi connectivity index (χ2n) is 3.85. The van der Waals surface area contributed by atoms with Gasteiger partial charge < -0.3 is 19.5 Å². The molecule has 0 radical (unpaired) electrons. The van der Waals surface area contributed by atoms with Crippen molar-refractivity contribution in [2.24, 2.45) is 0 Å². The van der Waals surface area contributed by atoms with Gasteiger partial charge in [-0.25, -0.2) is 0 Å². The molecule has 0 bridgehead atoms. The predicted octanol–water partition coefficient (Wildman–Crippen LogP) is 1.73. The van der Waals surface area contributed by atoms with Crippen LogP contribution in [-0.4, -0.2) is 34.1 Å². The van der Waals surface area contributed by atoms with Crippen molar-refractivity contribution in [3.05, 3.63) is 24.0 Å². The number of nitrogens with zero attached hydrogens (tertiary/aromatic N) is 2. The first kappa shape index (κ1) is 12.4. The number of hydrogen-bond donors (Lipinski definition) is 2. The van der Waals surface area contributed by atoms with Crippen molar-refractivity contribution < 1.29 is 19.5 Å². The highest BCUT2D eigenvalue weighted by molar-refractivity contribution is 5.58.